The third kappa shape index (κ3) is 1.81. The summed E-state index contributed by atoms with van der Waals surface area (Å²) in [6.07, 6.45) is 2.10. The van der Waals surface area contributed by atoms with Crippen molar-refractivity contribution in [2.75, 3.05) is 0 Å². The smallest absolute Gasteiger partial charge is 0.269 e. The van der Waals surface area contributed by atoms with Crippen LogP contribution in [0.4, 0.5) is 5.69 Å². The number of nitro groups is 1. The largest absolute Gasteiger partial charge is 0.355 e. The van der Waals surface area contributed by atoms with Gasteiger partial charge in [0.25, 0.3) is 5.69 Å². The molecule has 0 bridgehead atoms. The number of amides is 1. The molecule has 1 N–H and O–H groups in total. The quantitative estimate of drug-likeness (QED) is 0.452. The maximum absolute atomic E-state index is 10.5. The van der Waals surface area contributed by atoms with Crippen molar-refractivity contribution in [3.8, 4) is 0 Å². The molecule has 78 valence electrons. The Labute approximate surface area is 86.2 Å². The van der Waals surface area contributed by atoms with Gasteiger partial charge in [0, 0.05) is 18.2 Å². The van der Waals surface area contributed by atoms with Gasteiger partial charge in [0.2, 0.25) is 6.41 Å². The summed E-state index contributed by atoms with van der Waals surface area (Å²) in [4.78, 5) is 20.4. The van der Waals surface area contributed by atoms with Crippen molar-refractivity contribution < 1.29 is 9.72 Å². The second-order valence-corrected chi connectivity index (χ2v) is 3.60. The highest BCUT2D eigenvalue weighted by Gasteiger charge is 2.22. The van der Waals surface area contributed by atoms with Crippen LogP contribution in [0.2, 0.25) is 0 Å². The molecule has 15 heavy (non-hydrogen) atoms. The van der Waals surface area contributed by atoms with E-state index >= 15 is 0 Å². The number of nitrogens with zero attached hydrogens (tertiary/aromatic N) is 1. The molecule has 1 amide bonds. The summed E-state index contributed by atoms with van der Waals surface area (Å²) >= 11 is 0. The average molecular weight is 206 g/mol. The normalized spacial score (nSPS) is 18.3. The van der Waals surface area contributed by atoms with Crippen LogP contribution in [0.1, 0.15) is 11.1 Å². The van der Waals surface area contributed by atoms with Crippen molar-refractivity contribution in [2.45, 2.75) is 18.9 Å². The second kappa shape index (κ2) is 3.68. The number of carbonyl (C=O) groups is 1. The van der Waals surface area contributed by atoms with Gasteiger partial charge in [0.05, 0.1) is 4.92 Å². The van der Waals surface area contributed by atoms with Crippen LogP contribution < -0.4 is 5.32 Å². The fourth-order valence-corrected chi connectivity index (χ4v) is 1.93. The van der Waals surface area contributed by atoms with E-state index in [1.165, 1.54) is 6.07 Å². The van der Waals surface area contributed by atoms with E-state index in [0.717, 1.165) is 17.5 Å². The summed E-state index contributed by atoms with van der Waals surface area (Å²) in [7, 11) is 0. The first-order chi connectivity index (χ1) is 7.20. The van der Waals surface area contributed by atoms with Crippen LogP contribution in [0, 0.1) is 10.1 Å². The highest BCUT2D eigenvalue weighted by molar-refractivity contribution is 5.49. The standard InChI is InChI=1S/C10H10N2O3/c13-6-11-9-3-7-1-2-10(12(14)15)5-8(7)4-9/h1-2,5-6,9H,3-4H2,(H,11,13). The van der Waals surface area contributed by atoms with Crippen molar-refractivity contribution in [2.24, 2.45) is 0 Å². The van der Waals surface area contributed by atoms with Crippen LogP contribution in [-0.4, -0.2) is 17.4 Å². The molecular formula is C10H10N2O3. The fraction of sp³-hybridized carbons (Fsp3) is 0.300. The Bertz CT molecular complexity index is 417. The van der Waals surface area contributed by atoms with E-state index in [1.807, 2.05) is 0 Å². The van der Waals surface area contributed by atoms with Crippen LogP contribution in [-0.2, 0) is 17.6 Å². The lowest BCUT2D eigenvalue weighted by molar-refractivity contribution is -0.384. The highest BCUT2D eigenvalue weighted by atomic mass is 16.6. The van der Waals surface area contributed by atoms with Crippen LogP contribution in [0.15, 0.2) is 18.2 Å². The lowest BCUT2D eigenvalue weighted by Gasteiger charge is -2.04. The number of benzene rings is 1. The van der Waals surface area contributed by atoms with Gasteiger partial charge in [-0.3, -0.25) is 14.9 Å². The maximum Gasteiger partial charge on any atom is 0.269 e. The summed E-state index contributed by atoms with van der Waals surface area (Å²) in [5.41, 5.74) is 2.16. The zero-order valence-corrected chi connectivity index (χ0v) is 7.97. The van der Waals surface area contributed by atoms with E-state index in [0.29, 0.717) is 12.8 Å². The first-order valence-electron chi connectivity index (χ1n) is 4.66. The van der Waals surface area contributed by atoms with Gasteiger partial charge in [0.1, 0.15) is 0 Å². The summed E-state index contributed by atoms with van der Waals surface area (Å²) in [6.45, 7) is 0. The number of rotatable bonds is 3. The number of nitro benzene ring substituents is 1. The molecule has 0 radical (unpaired) electrons. The van der Waals surface area contributed by atoms with Crippen molar-refractivity contribution in [1.82, 2.24) is 5.32 Å². The molecule has 1 atom stereocenters. The van der Waals surface area contributed by atoms with Gasteiger partial charge < -0.3 is 5.32 Å². The van der Waals surface area contributed by atoms with Crippen LogP contribution >= 0.6 is 0 Å². The zero-order valence-electron chi connectivity index (χ0n) is 7.97. The van der Waals surface area contributed by atoms with E-state index in [1.54, 1.807) is 12.1 Å². The fourth-order valence-electron chi connectivity index (χ4n) is 1.93. The monoisotopic (exact) mass is 206 g/mol. The van der Waals surface area contributed by atoms with Crippen molar-refractivity contribution in [3.63, 3.8) is 0 Å². The molecule has 0 aliphatic heterocycles. The van der Waals surface area contributed by atoms with Crippen LogP contribution in [0.5, 0.6) is 0 Å². The Morgan fingerprint density at radius 2 is 2.13 bits per heavy atom. The summed E-state index contributed by atoms with van der Waals surface area (Å²) < 4.78 is 0. The van der Waals surface area contributed by atoms with Gasteiger partial charge in [-0.2, -0.15) is 0 Å². The Morgan fingerprint density at radius 1 is 1.40 bits per heavy atom. The predicted molar refractivity (Wildman–Crippen MR) is 53.5 cm³/mol. The molecule has 1 unspecified atom stereocenters. The summed E-state index contributed by atoms with van der Waals surface area (Å²) in [5, 5.41) is 13.2. The third-order valence-electron chi connectivity index (χ3n) is 2.64. The molecule has 1 aliphatic carbocycles. The SMILES string of the molecule is O=CNC1Cc2ccc([N+](=O)[O-])cc2C1. The molecule has 5 nitrogen and oxygen atoms in total. The number of hydrogen-bond acceptors (Lipinski definition) is 3. The number of non-ortho nitro benzene ring substituents is 1. The summed E-state index contributed by atoms with van der Waals surface area (Å²) in [5.74, 6) is 0. The Hall–Kier alpha value is -1.91. The van der Waals surface area contributed by atoms with Gasteiger partial charge in [-0.25, -0.2) is 0 Å². The van der Waals surface area contributed by atoms with E-state index in [2.05, 4.69) is 5.32 Å². The molecule has 1 aliphatic rings. The lowest BCUT2D eigenvalue weighted by Crippen LogP contribution is -2.27. The molecule has 0 saturated carbocycles. The summed E-state index contributed by atoms with van der Waals surface area (Å²) in [6, 6.07) is 4.93. The Balaban J connectivity index is 2.23. The van der Waals surface area contributed by atoms with Crippen molar-refractivity contribution in [1.29, 1.82) is 0 Å². The number of hydrogen-bond donors (Lipinski definition) is 1. The molecule has 5 heteroatoms. The maximum atomic E-state index is 10.5. The molecule has 0 fully saturated rings. The topological polar surface area (TPSA) is 72.2 Å². The average Bonchev–Trinajstić information content (AvgIpc) is 2.59. The van der Waals surface area contributed by atoms with Gasteiger partial charge in [0.15, 0.2) is 0 Å². The lowest BCUT2D eigenvalue weighted by atomic mass is 10.1. The molecular weight excluding hydrogens is 196 g/mol. The molecule has 0 saturated heterocycles. The minimum absolute atomic E-state index is 0.0829. The zero-order chi connectivity index (χ0) is 10.8. The molecule has 0 heterocycles. The van der Waals surface area contributed by atoms with E-state index < -0.39 is 4.92 Å². The highest BCUT2D eigenvalue weighted by Crippen LogP contribution is 2.26. The van der Waals surface area contributed by atoms with Gasteiger partial charge in [-0.1, -0.05) is 6.07 Å². The van der Waals surface area contributed by atoms with Crippen molar-refractivity contribution >= 4 is 12.1 Å². The minimum Gasteiger partial charge on any atom is -0.355 e. The molecule has 2 rings (SSSR count). The molecule has 1 aromatic rings. The van der Waals surface area contributed by atoms with Gasteiger partial charge >= 0.3 is 0 Å². The third-order valence-corrected chi connectivity index (χ3v) is 2.64. The van der Waals surface area contributed by atoms with E-state index in [4.69, 9.17) is 0 Å². The first kappa shape index (κ1) is 9.64. The Morgan fingerprint density at radius 3 is 2.80 bits per heavy atom. The minimum atomic E-state index is -0.402. The number of nitrogens with one attached hydrogen (secondary N) is 1. The van der Waals surface area contributed by atoms with Crippen LogP contribution in [0.3, 0.4) is 0 Å². The van der Waals surface area contributed by atoms with E-state index in [9.17, 15) is 14.9 Å². The van der Waals surface area contributed by atoms with Gasteiger partial charge in [-0.15, -0.1) is 0 Å². The number of fused-ring (bicyclic) bond motifs is 1. The second-order valence-electron chi connectivity index (χ2n) is 3.60. The van der Waals surface area contributed by atoms with Crippen LogP contribution in [0.25, 0.3) is 0 Å². The number of carbonyl (C=O) groups excluding carboxylic acids is 1. The molecule has 1 aromatic carbocycles. The molecule has 0 spiro atoms. The Kier molecular flexibility index (Phi) is 2.37. The molecule has 0 aromatic heterocycles. The van der Waals surface area contributed by atoms with Gasteiger partial charge in [-0.05, 0) is 24.0 Å². The predicted octanol–water partition coefficient (Wildman–Crippen LogP) is 0.808. The first-order valence-corrected chi connectivity index (χ1v) is 4.66. The van der Waals surface area contributed by atoms with E-state index in [-0.39, 0.29) is 11.7 Å². The van der Waals surface area contributed by atoms with Crippen molar-refractivity contribution in [3.05, 3.63) is 39.4 Å².